The minimum atomic E-state index is -3.80. The Hall–Kier alpha value is -4.42. The highest BCUT2D eigenvalue weighted by Gasteiger charge is 2.53. The molecule has 0 aromatic heterocycles. The van der Waals surface area contributed by atoms with Crippen LogP contribution in [-0.2, 0) is 25.8 Å². The zero-order valence-electron chi connectivity index (χ0n) is 26.5. The molecule has 0 unspecified atom stereocenters. The third-order valence-electron chi connectivity index (χ3n) is 7.91. The second-order valence-electron chi connectivity index (χ2n) is 11.2. The van der Waals surface area contributed by atoms with E-state index in [-0.39, 0.29) is 29.6 Å². The average Bonchev–Trinajstić information content (AvgIpc) is 3.51. The molecule has 0 fully saturated rings. The number of hydrazine groups is 1. The largest absolute Gasteiger partial charge is 0.497 e. The van der Waals surface area contributed by atoms with Gasteiger partial charge in [0.15, 0.2) is 21.5 Å². The van der Waals surface area contributed by atoms with Crippen molar-refractivity contribution in [2.45, 2.75) is 35.8 Å². The molecule has 48 heavy (non-hydrogen) atoms. The van der Waals surface area contributed by atoms with Gasteiger partial charge in [-0.15, -0.1) is 0 Å². The van der Waals surface area contributed by atoms with Gasteiger partial charge in [0.2, 0.25) is 5.90 Å². The van der Waals surface area contributed by atoms with Crippen LogP contribution in [0.1, 0.15) is 35.6 Å². The maximum absolute atomic E-state index is 14.4. The van der Waals surface area contributed by atoms with Crippen molar-refractivity contribution < 1.29 is 32.5 Å². The summed E-state index contributed by atoms with van der Waals surface area (Å²) < 4.78 is 44.7. The van der Waals surface area contributed by atoms with Crippen molar-refractivity contribution in [3.05, 3.63) is 125 Å². The highest BCUT2D eigenvalue weighted by molar-refractivity contribution is 7.91. The second kappa shape index (κ2) is 16.1. The highest BCUT2D eigenvalue weighted by Crippen LogP contribution is 2.43. The number of ether oxygens (including phenoxy) is 3. The number of carbonyl (C=O) groups is 1. The van der Waals surface area contributed by atoms with E-state index < -0.39 is 27.4 Å². The Bertz CT molecular complexity index is 1820. The molecule has 0 saturated carbocycles. The minimum absolute atomic E-state index is 0.0218. The predicted molar refractivity (Wildman–Crippen MR) is 184 cm³/mol. The van der Waals surface area contributed by atoms with Crippen LogP contribution in [0.25, 0.3) is 0 Å². The Morgan fingerprint density at radius 1 is 0.979 bits per heavy atom. The summed E-state index contributed by atoms with van der Waals surface area (Å²) in [5.41, 5.74) is 6.23. The monoisotopic (exact) mass is 691 g/mol. The molecule has 4 aromatic rings. The van der Waals surface area contributed by atoms with Crippen LogP contribution < -0.4 is 20.3 Å². The zero-order chi connectivity index (χ0) is 34.0. The maximum Gasteiger partial charge on any atom is 0.266 e. The van der Waals surface area contributed by atoms with E-state index in [1.807, 2.05) is 18.2 Å². The van der Waals surface area contributed by atoms with Crippen LogP contribution in [0.5, 0.6) is 11.5 Å². The van der Waals surface area contributed by atoms with E-state index in [4.69, 9.17) is 35.9 Å². The number of carbonyl (C=O) groups excluding carboxylic acids is 1. The van der Waals surface area contributed by atoms with E-state index in [1.54, 1.807) is 72.8 Å². The molecule has 5 rings (SSSR count). The summed E-state index contributed by atoms with van der Waals surface area (Å²) in [7, 11) is -2.26. The van der Waals surface area contributed by atoms with Gasteiger partial charge in [-0.3, -0.25) is 10.2 Å². The number of methoxy groups -OCH3 is 1. The molecular formula is C36H38ClN3O7S. The van der Waals surface area contributed by atoms with Crippen LogP contribution in [0.3, 0.4) is 0 Å². The fraction of sp³-hybridized carbons (Fsp3) is 0.278. The van der Waals surface area contributed by atoms with Gasteiger partial charge >= 0.3 is 0 Å². The van der Waals surface area contributed by atoms with Gasteiger partial charge in [0, 0.05) is 36.6 Å². The normalized spacial score (nSPS) is 17.3. The van der Waals surface area contributed by atoms with Crippen molar-refractivity contribution >= 4 is 33.2 Å². The fourth-order valence-electron chi connectivity index (χ4n) is 5.36. The number of amides is 1. The number of nitrogens with one attached hydrogen (secondary N) is 2. The number of aliphatic imine (C=N–C) groups is 1. The lowest BCUT2D eigenvalue weighted by Gasteiger charge is -2.30. The van der Waals surface area contributed by atoms with E-state index in [0.717, 1.165) is 5.56 Å². The van der Waals surface area contributed by atoms with Crippen LogP contribution in [-0.4, -0.2) is 63.5 Å². The molecule has 12 heteroatoms. The first-order chi connectivity index (χ1) is 23.2. The molecule has 0 saturated heterocycles. The standard InChI is InChI=1S/C36H38ClN3O7S/c1-45-31-11-6-9-28(25-31)33-36(19-23-48(43,44)32-12-3-2-4-13-32,35(42)40-38-20-18-26-8-5-10-29(37)24-26)39-34(47-33)27-14-16-30(17-15-27)46-22-7-21-41/h2-6,8-17,24-25,33,38,41H,7,18-23H2,1H3,(H,40,42)/t33-,36-/m0/s1. The average molecular weight is 692 g/mol. The van der Waals surface area contributed by atoms with Crippen LogP contribution in [0.15, 0.2) is 113 Å². The summed E-state index contributed by atoms with van der Waals surface area (Å²) in [6.45, 7) is 0.756. The Morgan fingerprint density at radius 3 is 2.48 bits per heavy atom. The molecular weight excluding hydrogens is 654 g/mol. The second-order valence-corrected chi connectivity index (χ2v) is 13.8. The van der Waals surface area contributed by atoms with Gasteiger partial charge in [-0.1, -0.05) is 54.1 Å². The van der Waals surface area contributed by atoms with E-state index in [0.29, 0.717) is 53.6 Å². The molecule has 1 heterocycles. The molecule has 0 aliphatic carbocycles. The van der Waals surface area contributed by atoms with Gasteiger partial charge in [0.25, 0.3) is 5.91 Å². The molecule has 0 spiro atoms. The lowest BCUT2D eigenvalue weighted by Crippen LogP contribution is -2.53. The van der Waals surface area contributed by atoms with Crippen molar-refractivity contribution in [2.75, 3.05) is 32.6 Å². The molecule has 1 aliphatic rings. The van der Waals surface area contributed by atoms with Crippen molar-refractivity contribution in [3.8, 4) is 11.5 Å². The number of aliphatic hydroxyl groups is 1. The third kappa shape index (κ3) is 8.53. The molecule has 10 nitrogen and oxygen atoms in total. The number of nitrogens with zero attached hydrogens (tertiary/aromatic N) is 1. The maximum atomic E-state index is 14.4. The summed E-state index contributed by atoms with van der Waals surface area (Å²) in [5.74, 6) is 0.391. The van der Waals surface area contributed by atoms with Gasteiger partial charge in [-0.05, 0) is 78.2 Å². The van der Waals surface area contributed by atoms with E-state index in [9.17, 15) is 13.2 Å². The van der Waals surface area contributed by atoms with Crippen LogP contribution in [0.2, 0.25) is 5.02 Å². The smallest absolute Gasteiger partial charge is 0.266 e. The van der Waals surface area contributed by atoms with Crippen LogP contribution in [0, 0.1) is 0 Å². The molecule has 3 N–H and O–H groups in total. The van der Waals surface area contributed by atoms with Crippen molar-refractivity contribution in [1.29, 1.82) is 0 Å². The summed E-state index contributed by atoms with van der Waals surface area (Å²) in [6, 6.07) is 29.7. The molecule has 4 aromatic carbocycles. The molecule has 1 aliphatic heterocycles. The quantitative estimate of drug-likeness (QED) is 0.109. The first-order valence-electron chi connectivity index (χ1n) is 15.5. The number of halogens is 1. The Balaban J connectivity index is 1.49. The molecule has 252 valence electrons. The lowest BCUT2D eigenvalue weighted by molar-refractivity contribution is -0.130. The molecule has 2 atom stereocenters. The number of aliphatic hydroxyl groups excluding tert-OH is 1. The topological polar surface area (TPSA) is 136 Å². The van der Waals surface area contributed by atoms with Crippen LogP contribution in [0.4, 0.5) is 0 Å². The zero-order valence-corrected chi connectivity index (χ0v) is 28.0. The van der Waals surface area contributed by atoms with Crippen molar-refractivity contribution in [2.24, 2.45) is 4.99 Å². The van der Waals surface area contributed by atoms with E-state index in [1.165, 1.54) is 19.2 Å². The number of hydrogen-bond acceptors (Lipinski definition) is 9. The van der Waals surface area contributed by atoms with Crippen molar-refractivity contribution in [1.82, 2.24) is 10.9 Å². The van der Waals surface area contributed by atoms with Gasteiger partial charge < -0.3 is 19.3 Å². The summed E-state index contributed by atoms with van der Waals surface area (Å²) in [6.07, 6.45) is -0.104. The van der Waals surface area contributed by atoms with Crippen LogP contribution >= 0.6 is 11.6 Å². The van der Waals surface area contributed by atoms with E-state index >= 15 is 0 Å². The number of rotatable bonds is 16. The number of benzene rings is 4. The van der Waals surface area contributed by atoms with Gasteiger partial charge in [0.1, 0.15) is 11.5 Å². The lowest BCUT2D eigenvalue weighted by atomic mass is 9.85. The molecule has 0 bridgehead atoms. The molecule has 0 radical (unpaired) electrons. The number of hydrogen-bond donors (Lipinski definition) is 3. The number of sulfone groups is 1. The first kappa shape index (κ1) is 34.9. The van der Waals surface area contributed by atoms with E-state index in [2.05, 4.69) is 10.9 Å². The van der Waals surface area contributed by atoms with Crippen molar-refractivity contribution in [3.63, 3.8) is 0 Å². The Morgan fingerprint density at radius 2 is 1.75 bits per heavy atom. The first-order valence-corrected chi connectivity index (χ1v) is 17.6. The minimum Gasteiger partial charge on any atom is -0.497 e. The highest BCUT2D eigenvalue weighted by atomic mass is 35.5. The van der Waals surface area contributed by atoms with Gasteiger partial charge in [-0.25, -0.2) is 18.8 Å². The third-order valence-corrected chi connectivity index (χ3v) is 9.88. The summed E-state index contributed by atoms with van der Waals surface area (Å²) in [4.78, 5) is 19.4. The fourth-order valence-corrected chi connectivity index (χ4v) is 6.96. The van der Waals surface area contributed by atoms with Gasteiger partial charge in [0.05, 0.1) is 24.4 Å². The Kier molecular flexibility index (Phi) is 11.7. The Labute approximate surface area is 285 Å². The predicted octanol–water partition coefficient (Wildman–Crippen LogP) is 5.09. The van der Waals surface area contributed by atoms with Gasteiger partial charge in [-0.2, -0.15) is 0 Å². The molecule has 1 amide bonds. The SMILES string of the molecule is COc1cccc([C@@H]2OC(c3ccc(OCCCO)cc3)=N[C@]2(CCS(=O)(=O)c2ccccc2)C(=O)NNCCc2cccc(Cl)c2)c1. The summed E-state index contributed by atoms with van der Waals surface area (Å²) in [5, 5.41) is 9.68. The summed E-state index contributed by atoms with van der Waals surface area (Å²) >= 11 is 6.13.